The molecule has 7 heteroatoms. The highest BCUT2D eigenvalue weighted by Crippen LogP contribution is 2.31. The van der Waals surface area contributed by atoms with E-state index < -0.39 is 5.91 Å². The summed E-state index contributed by atoms with van der Waals surface area (Å²) in [6, 6.07) is 0. The third-order valence-corrected chi connectivity index (χ3v) is 3.70. The molecule has 0 atom stereocenters. The summed E-state index contributed by atoms with van der Waals surface area (Å²) < 4.78 is 0. The molecule has 2 N–H and O–H groups in total. The van der Waals surface area contributed by atoms with Crippen molar-refractivity contribution in [3.05, 3.63) is 22.6 Å². The van der Waals surface area contributed by atoms with Gasteiger partial charge in [-0.15, -0.1) is 0 Å². The number of amides is 1. The van der Waals surface area contributed by atoms with Gasteiger partial charge < -0.3 is 10.4 Å². The Balaban J connectivity index is 3.16. The zero-order valence-electron chi connectivity index (χ0n) is 11.2. The lowest BCUT2D eigenvalue weighted by molar-refractivity contribution is -0.119. The van der Waals surface area contributed by atoms with Gasteiger partial charge in [0, 0.05) is 30.7 Å². The monoisotopic (exact) mass is 286 g/mol. The van der Waals surface area contributed by atoms with Gasteiger partial charge in [-0.1, -0.05) is 0 Å². The molecule has 0 aromatic heterocycles. The van der Waals surface area contributed by atoms with E-state index in [1.54, 1.807) is 25.7 Å². The van der Waals surface area contributed by atoms with E-state index in [1.807, 2.05) is 0 Å². The minimum absolute atomic E-state index is 0.249. The number of carbonyl (C=O) groups is 2. The fourth-order valence-electron chi connectivity index (χ4n) is 1.65. The molecule has 1 heterocycles. The second kappa shape index (κ2) is 7.20. The van der Waals surface area contributed by atoms with Crippen LogP contribution >= 0.6 is 11.8 Å². The maximum Gasteiger partial charge on any atom is 0.258 e. The van der Waals surface area contributed by atoms with Crippen molar-refractivity contribution in [2.24, 2.45) is 0 Å². The number of nitrogens with one attached hydrogen (secondary N) is 1. The van der Waals surface area contributed by atoms with Crippen LogP contribution in [0.4, 0.5) is 0 Å². The third-order valence-electron chi connectivity index (χ3n) is 2.73. The van der Waals surface area contributed by atoms with Crippen LogP contribution in [0.1, 0.15) is 6.92 Å². The van der Waals surface area contributed by atoms with E-state index >= 15 is 0 Å². The molecule has 106 valence electrons. The number of aliphatic hydroxyl groups is 1. The van der Waals surface area contributed by atoms with Crippen LogP contribution in [-0.2, 0) is 14.4 Å². The Morgan fingerprint density at radius 2 is 2.26 bits per heavy atom. The number of hydroxylamine groups is 2. The Hall–Kier alpha value is -1.47. The zero-order valence-corrected chi connectivity index (χ0v) is 12.0. The molecule has 0 radical (unpaired) electrons. The number of aliphatic hydroxyl groups excluding tert-OH is 1. The molecule has 1 aliphatic heterocycles. The van der Waals surface area contributed by atoms with Gasteiger partial charge in [-0.2, -0.15) is 11.8 Å². The van der Waals surface area contributed by atoms with Crippen LogP contribution in [-0.4, -0.2) is 54.6 Å². The van der Waals surface area contributed by atoms with Gasteiger partial charge in [0.2, 0.25) is 0 Å². The van der Waals surface area contributed by atoms with Crippen LogP contribution in [0.25, 0.3) is 0 Å². The fourth-order valence-corrected chi connectivity index (χ4v) is 2.81. The molecule has 1 amide bonds. The minimum Gasteiger partial charge on any atom is -0.507 e. The number of aldehydes is 1. The molecule has 6 nitrogen and oxygen atoms in total. The summed E-state index contributed by atoms with van der Waals surface area (Å²) in [6.45, 7) is 2.13. The van der Waals surface area contributed by atoms with Crippen molar-refractivity contribution in [1.82, 2.24) is 10.4 Å². The minimum atomic E-state index is -0.571. The Labute approximate surface area is 116 Å². The molecule has 0 fully saturated rings. The average molecular weight is 286 g/mol. The SMILES string of the molecule is CCNC(=O)/C(C=O)=C(\O)C1=C(N(C)OC)CSC1. The lowest BCUT2D eigenvalue weighted by Gasteiger charge is -2.18. The highest BCUT2D eigenvalue weighted by atomic mass is 32.2. The summed E-state index contributed by atoms with van der Waals surface area (Å²) in [5.41, 5.74) is 1.07. The van der Waals surface area contributed by atoms with Crippen LogP contribution in [0, 0.1) is 0 Å². The number of allylic oxidation sites excluding steroid dienone is 1. The summed E-state index contributed by atoms with van der Waals surface area (Å²) >= 11 is 1.58. The van der Waals surface area contributed by atoms with E-state index in [9.17, 15) is 14.7 Å². The van der Waals surface area contributed by atoms with Crippen molar-refractivity contribution in [1.29, 1.82) is 0 Å². The van der Waals surface area contributed by atoms with Crippen LogP contribution < -0.4 is 5.32 Å². The van der Waals surface area contributed by atoms with E-state index in [0.717, 1.165) is 5.70 Å². The molecule has 1 rings (SSSR count). The third kappa shape index (κ3) is 3.51. The Bertz CT molecular complexity index is 431. The van der Waals surface area contributed by atoms with Crippen LogP contribution in [0.5, 0.6) is 0 Å². The summed E-state index contributed by atoms with van der Waals surface area (Å²) in [5, 5.41) is 14.2. The molecule has 1 aliphatic rings. The molecule has 0 saturated carbocycles. The molecule has 0 unspecified atom stereocenters. The molecule has 0 spiro atoms. The van der Waals surface area contributed by atoms with Crippen LogP contribution in [0.2, 0.25) is 0 Å². The Kier molecular flexibility index (Phi) is 5.91. The number of nitrogens with zero attached hydrogens (tertiary/aromatic N) is 1. The number of hydrogen-bond acceptors (Lipinski definition) is 6. The predicted molar refractivity (Wildman–Crippen MR) is 73.5 cm³/mol. The van der Waals surface area contributed by atoms with Gasteiger partial charge in [0.1, 0.15) is 11.3 Å². The second-order valence-corrected chi connectivity index (χ2v) is 4.82. The van der Waals surface area contributed by atoms with Gasteiger partial charge in [0.15, 0.2) is 6.29 Å². The van der Waals surface area contributed by atoms with Crippen molar-refractivity contribution in [2.45, 2.75) is 6.92 Å². The molecular formula is C12H18N2O4S. The molecule has 0 aromatic carbocycles. The highest BCUT2D eigenvalue weighted by Gasteiger charge is 2.25. The summed E-state index contributed by atoms with van der Waals surface area (Å²) in [6.07, 6.45) is 0.376. The van der Waals surface area contributed by atoms with Crippen molar-refractivity contribution >= 4 is 24.0 Å². The standard InChI is InChI=1S/C12H18N2O4S/c1-4-13-12(17)8(5-15)11(16)9-6-19-7-10(9)14(2)18-3/h5,16H,4,6-7H2,1-3H3,(H,13,17)/b11-8-. The number of hydrogen-bond donors (Lipinski definition) is 2. The summed E-state index contributed by atoms with van der Waals surface area (Å²) in [7, 11) is 3.22. The number of rotatable bonds is 6. The van der Waals surface area contributed by atoms with E-state index in [2.05, 4.69) is 5.32 Å². The van der Waals surface area contributed by atoms with Gasteiger partial charge in [-0.05, 0) is 6.92 Å². The quantitative estimate of drug-likeness (QED) is 0.186. The molecule has 0 aromatic rings. The van der Waals surface area contributed by atoms with E-state index in [0.29, 0.717) is 29.9 Å². The van der Waals surface area contributed by atoms with Gasteiger partial charge in [-0.3, -0.25) is 19.5 Å². The van der Waals surface area contributed by atoms with Gasteiger partial charge >= 0.3 is 0 Å². The topological polar surface area (TPSA) is 78.9 Å². The van der Waals surface area contributed by atoms with Gasteiger partial charge in [0.25, 0.3) is 5.91 Å². The van der Waals surface area contributed by atoms with Crippen molar-refractivity contribution in [3.8, 4) is 0 Å². The maximum atomic E-state index is 11.7. The number of thioether (sulfide) groups is 1. The first-order valence-corrected chi connectivity index (χ1v) is 6.96. The molecule has 0 saturated heterocycles. The smallest absolute Gasteiger partial charge is 0.258 e. The Morgan fingerprint density at radius 3 is 2.79 bits per heavy atom. The maximum absolute atomic E-state index is 11.7. The van der Waals surface area contributed by atoms with Crippen molar-refractivity contribution < 1.29 is 19.5 Å². The van der Waals surface area contributed by atoms with E-state index in [-0.39, 0.29) is 11.3 Å². The molecular weight excluding hydrogens is 268 g/mol. The van der Waals surface area contributed by atoms with E-state index in [4.69, 9.17) is 4.84 Å². The van der Waals surface area contributed by atoms with Crippen molar-refractivity contribution in [2.75, 3.05) is 32.2 Å². The fraction of sp³-hybridized carbons (Fsp3) is 0.500. The van der Waals surface area contributed by atoms with Gasteiger partial charge in [0.05, 0.1) is 12.8 Å². The largest absolute Gasteiger partial charge is 0.507 e. The van der Waals surface area contributed by atoms with Crippen molar-refractivity contribution in [3.63, 3.8) is 0 Å². The highest BCUT2D eigenvalue weighted by molar-refractivity contribution is 7.99. The van der Waals surface area contributed by atoms with Gasteiger partial charge in [-0.25, -0.2) is 0 Å². The number of carbonyl (C=O) groups excluding carboxylic acids is 2. The first-order valence-electron chi connectivity index (χ1n) is 5.81. The molecule has 0 bridgehead atoms. The molecule has 0 aliphatic carbocycles. The lowest BCUT2D eigenvalue weighted by atomic mass is 10.1. The Morgan fingerprint density at radius 1 is 1.58 bits per heavy atom. The van der Waals surface area contributed by atoms with Crippen LogP contribution in [0.3, 0.4) is 0 Å². The summed E-state index contributed by atoms with van der Waals surface area (Å²) in [5.74, 6) is 0.348. The zero-order chi connectivity index (χ0) is 14.4. The second-order valence-electron chi connectivity index (χ2n) is 3.84. The number of likely N-dealkylation sites (N-methyl/N-ethyl adjacent to an activating group) is 1. The van der Waals surface area contributed by atoms with E-state index in [1.165, 1.54) is 12.2 Å². The first kappa shape index (κ1) is 15.6. The normalized spacial score (nSPS) is 16.2. The molecule has 19 heavy (non-hydrogen) atoms. The summed E-state index contributed by atoms with van der Waals surface area (Å²) in [4.78, 5) is 27.8. The van der Waals surface area contributed by atoms with Crippen LogP contribution in [0.15, 0.2) is 22.6 Å². The first-order chi connectivity index (χ1) is 9.06. The average Bonchev–Trinajstić information content (AvgIpc) is 2.88. The predicted octanol–water partition coefficient (Wildman–Crippen LogP) is 0.628. The lowest BCUT2D eigenvalue weighted by Crippen LogP contribution is -2.27.